The van der Waals surface area contributed by atoms with Crippen molar-refractivity contribution in [1.82, 2.24) is 10.3 Å². The number of nitrogens with two attached hydrogens (primary N) is 1. The van der Waals surface area contributed by atoms with E-state index in [0.29, 0.717) is 18.1 Å². The van der Waals surface area contributed by atoms with E-state index in [1.54, 1.807) is 19.1 Å². The van der Waals surface area contributed by atoms with E-state index in [2.05, 4.69) is 10.3 Å². The van der Waals surface area contributed by atoms with Crippen LogP contribution in [-0.2, 0) is 0 Å². The number of ether oxygens (including phenoxy) is 1. The second-order valence-corrected chi connectivity index (χ2v) is 3.40. The van der Waals surface area contributed by atoms with Crippen LogP contribution in [0.2, 0.25) is 0 Å². The van der Waals surface area contributed by atoms with E-state index in [9.17, 15) is 4.79 Å². The number of amides is 1. The number of hydrogen-bond donors (Lipinski definition) is 2. The normalized spacial score (nSPS) is 10.1. The summed E-state index contributed by atoms with van der Waals surface area (Å²) in [5, 5.41) is 3.13. The smallest absolute Gasteiger partial charge is 0.248 e. The summed E-state index contributed by atoms with van der Waals surface area (Å²) in [7, 11) is 0. The molecule has 1 rings (SSSR count). The number of rotatable bonds is 6. The van der Waals surface area contributed by atoms with Crippen LogP contribution in [0.5, 0.6) is 5.88 Å². The monoisotopic (exact) mass is 223 g/mol. The molecular weight excluding hydrogens is 206 g/mol. The van der Waals surface area contributed by atoms with Crippen molar-refractivity contribution in [2.75, 3.05) is 19.7 Å². The number of hydrogen-bond acceptors (Lipinski definition) is 4. The maximum atomic E-state index is 11.0. The third kappa shape index (κ3) is 3.86. The summed E-state index contributed by atoms with van der Waals surface area (Å²) < 4.78 is 5.40. The van der Waals surface area contributed by atoms with E-state index in [1.165, 1.54) is 0 Å². The lowest BCUT2D eigenvalue weighted by atomic mass is 10.2. The molecule has 0 aliphatic rings. The summed E-state index contributed by atoms with van der Waals surface area (Å²) in [6.45, 7) is 5.98. The number of pyridine rings is 1. The SMILES string of the molecule is CCNCCOc1cc(C(N)=O)cc(C)n1. The zero-order valence-corrected chi connectivity index (χ0v) is 9.62. The largest absolute Gasteiger partial charge is 0.476 e. The predicted molar refractivity (Wildman–Crippen MR) is 61.5 cm³/mol. The van der Waals surface area contributed by atoms with Gasteiger partial charge >= 0.3 is 0 Å². The van der Waals surface area contributed by atoms with E-state index in [-0.39, 0.29) is 0 Å². The van der Waals surface area contributed by atoms with Gasteiger partial charge in [-0.05, 0) is 19.5 Å². The number of aromatic nitrogens is 1. The number of likely N-dealkylation sites (N-methyl/N-ethyl adjacent to an activating group) is 1. The average Bonchev–Trinajstić information content (AvgIpc) is 2.23. The molecule has 16 heavy (non-hydrogen) atoms. The van der Waals surface area contributed by atoms with Crippen molar-refractivity contribution in [1.29, 1.82) is 0 Å². The molecule has 0 aliphatic heterocycles. The summed E-state index contributed by atoms with van der Waals surface area (Å²) in [5.41, 5.74) is 6.33. The fourth-order valence-corrected chi connectivity index (χ4v) is 1.26. The zero-order valence-electron chi connectivity index (χ0n) is 9.62. The number of nitrogens with one attached hydrogen (secondary N) is 1. The molecule has 0 saturated heterocycles. The van der Waals surface area contributed by atoms with Gasteiger partial charge in [0, 0.05) is 23.9 Å². The minimum Gasteiger partial charge on any atom is -0.476 e. The zero-order chi connectivity index (χ0) is 12.0. The molecule has 0 aromatic carbocycles. The molecule has 0 saturated carbocycles. The standard InChI is InChI=1S/C11H17N3O2/c1-3-13-4-5-16-10-7-9(11(12)15)6-8(2)14-10/h6-7,13H,3-5H2,1-2H3,(H2,12,15). The first-order chi connectivity index (χ1) is 7.63. The lowest BCUT2D eigenvalue weighted by Crippen LogP contribution is -2.21. The predicted octanol–water partition coefficient (Wildman–Crippen LogP) is 0.477. The summed E-state index contributed by atoms with van der Waals surface area (Å²) in [4.78, 5) is 15.2. The van der Waals surface area contributed by atoms with Gasteiger partial charge in [-0.3, -0.25) is 4.79 Å². The van der Waals surface area contributed by atoms with Crippen molar-refractivity contribution in [2.45, 2.75) is 13.8 Å². The van der Waals surface area contributed by atoms with Gasteiger partial charge in [0.05, 0.1) is 0 Å². The van der Waals surface area contributed by atoms with Gasteiger partial charge in [-0.1, -0.05) is 6.92 Å². The molecule has 3 N–H and O–H groups in total. The molecule has 0 aliphatic carbocycles. The number of nitrogens with zero attached hydrogens (tertiary/aromatic N) is 1. The third-order valence-electron chi connectivity index (χ3n) is 1.99. The van der Waals surface area contributed by atoms with Gasteiger partial charge in [0.25, 0.3) is 0 Å². The van der Waals surface area contributed by atoms with E-state index >= 15 is 0 Å². The Kier molecular flexibility index (Phi) is 4.72. The van der Waals surface area contributed by atoms with Gasteiger partial charge in [0.1, 0.15) is 6.61 Å². The van der Waals surface area contributed by atoms with E-state index in [0.717, 1.165) is 18.8 Å². The van der Waals surface area contributed by atoms with E-state index in [1.807, 2.05) is 6.92 Å². The van der Waals surface area contributed by atoms with Gasteiger partial charge < -0.3 is 15.8 Å². The minimum absolute atomic E-state index is 0.422. The highest BCUT2D eigenvalue weighted by Gasteiger charge is 2.05. The van der Waals surface area contributed by atoms with Gasteiger partial charge in [-0.2, -0.15) is 0 Å². The summed E-state index contributed by atoms with van der Waals surface area (Å²) >= 11 is 0. The molecule has 0 atom stereocenters. The van der Waals surface area contributed by atoms with Gasteiger partial charge in [-0.15, -0.1) is 0 Å². The highest BCUT2D eigenvalue weighted by atomic mass is 16.5. The van der Waals surface area contributed by atoms with Crippen LogP contribution < -0.4 is 15.8 Å². The maximum absolute atomic E-state index is 11.0. The Morgan fingerprint density at radius 2 is 2.31 bits per heavy atom. The first-order valence-electron chi connectivity index (χ1n) is 5.25. The quantitative estimate of drug-likeness (QED) is 0.687. The molecule has 0 fully saturated rings. The van der Waals surface area contributed by atoms with Gasteiger partial charge in [0.2, 0.25) is 11.8 Å². The molecule has 1 aromatic rings. The van der Waals surface area contributed by atoms with Crippen LogP contribution in [0.1, 0.15) is 23.0 Å². The van der Waals surface area contributed by atoms with E-state index < -0.39 is 5.91 Å². The second-order valence-electron chi connectivity index (χ2n) is 3.40. The van der Waals surface area contributed by atoms with Crippen LogP contribution in [0.3, 0.4) is 0 Å². The first kappa shape index (κ1) is 12.4. The molecule has 1 heterocycles. The third-order valence-corrected chi connectivity index (χ3v) is 1.99. The van der Waals surface area contributed by atoms with Crippen molar-refractivity contribution in [3.8, 4) is 5.88 Å². The molecule has 0 bridgehead atoms. The van der Waals surface area contributed by atoms with Gasteiger partial charge in [-0.25, -0.2) is 4.98 Å². The Hall–Kier alpha value is -1.62. The highest BCUT2D eigenvalue weighted by molar-refractivity contribution is 5.93. The Labute approximate surface area is 95.0 Å². The number of carbonyl (C=O) groups is 1. The van der Waals surface area contributed by atoms with Crippen molar-refractivity contribution >= 4 is 5.91 Å². The Morgan fingerprint density at radius 1 is 1.56 bits per heavy atom. The van der Waals surface area contributed by atoms with Crippen LogP contribution in [0.15, 0.2) is 12.1 Å². The number of aryl methyl sites for hydroxylation is 1. The molecule has 1 amide bonds. The van der Waals surface area contributed by atoms with Crippen LogP contribution in [0.25, 0.3) is 0 Å². The van der Waals surface area contributed by atoms with Crippen molar-refractivity contribution < 1.29 is 9.53 Å². The Bertz CT molecular complexity index is 366. The summed E-state index contributed by atoms with van der Waals surface area (Å²) in [5.74, 6) is -0.0336. The molecule has 0 radical (unpaired) electrons. The molecule has 88 valence electrons. The number of primary amides is 1. The maximum Gasteiger partial charge on any atom is 0.248 e. The first-order valence-corrected chi connectivity index (χ1v) is 5.25. The molecule has 5 nitrogen and oxygen atoms in total. The summed E-state index contributed by atoms with van der Waals surface area (Å²) in [6, 6.07) is 3.20. The van der Waals surface area contributed by atoms with Crippen LogP contribution in [0.4, 0.5) is 0 Å². The second kappa shape index (κ2) is 6.07. The van der Waals surface area contributed by atoms with Gasteiger partial charge in [0.15, 0.2) is 0 Å². The van der Waals surface area contributed by atoms with E-state index in [4.69, 9.17) is 10.5 Å². The van der Waals surface area contributed by atoms with Crippen LogP contribution in [0, 0.1) is 6.92 Å². The van der Waals surface area contributed by atoms with Crippen molar-refractivity contribution in [3.63, 3.8) is 0 Å². The number of carbonyl (C=O) groups excluding carboxylic acids is 1. The molecule has 0 unspecified atom stereocenters. The van der Waals surface area contributed by atoms with Crippen LogP contribution in [-0.4, -0.2) is 30.6 Å². The molecule has 0 spiro atoms. The fourth-order valence-electron chi connectivity index (χ4n) is 1.26. The molecular formula is C11H17N3O2. The lowest BCUT2D eigenvalue weighted by Gasteiger charge is -2.07. The highest BCUT2D eigenvalue weighted by Crippen LogP contribution is 2.11. The molecule has 5 heteroatoms. The Balaban J connectivity index is 2.62. The fraction of sp³-hybridized carbons (Fsp3) is 0.455. The van der Waals surface area contributed by atoms with Crippen molar-refractivity contribution in [2.24, 2.45) is 5.73 Å². The van der Waals surface area contributed by atoms with Crippen molar-refractivity contribution in [3.05, 3.63) is 23.4 Å². The van der Waals surface area contributed by atoms with Crippen LogP contribution >= 0.6 is 0 Å². The Morgan fingerprint density at radius 3 is 2.94 bits per heavy atom. The average molecular weight is 223 g/mol. The molecule has 1 aromatic heterocycles. The summed E-state index contributed by atoms with van der Waals surface area (Å²) in [6.07, 6.45) is 0. The topological polar surface area (TPSA) is 77.2 Å². The minimum atomic E-state index is -0.470. The lowest BCUT2D eigenvalue weighted by molar-refractivity contribution is 0.0999.